The third-order valence-electron chi connectivity index (χ3n) is 4.22. The first-order valence-corrected chi connectivity index (χ1v) is 9.23. The van der Waals surface area contributed by atoms with E-state index in [0.29, 0.717) is 32.7 Å². The van der Waals surface area contributed by atoms with E-state index in [2.05, 4.69) is 5.32 Å². The normalized spacial score (nSPS) is 17.2. The molecule has 2 rings (SSSR count). The number of benzene rings is 1. The lowest BCUT2D eigenvalue weighted by Gasteiger charge is -2.28. The number of carbonyl (C=O) groups is 2. The number of carbonyl (C=O) groups excluding carboxylic acids is 2. The van der Waals surface area contributed by atoms with Crippen LogP contribution in [0.5, 0.6) is 0 Å². The Morgan fingerprint density at radius 2 is 1.92 bits per heavy atom. The highest BCUT2D eigenvalue weighted by Crippen LogP contribution is 2.21. The molecule has 1 aromatic rings. The van der Waals surface area contributed by atoms with Crippen LogP contribution in [0.25, 0.3) is 0 Å². The van der Waals surface area contributed by atoms with E-state index in [1.165, 1.54) is 4.90 Å². The first-order chi connectivity index (χ1) is 12.3. The first-order valence-electron chi connectivity index (χ1n) is 9.23. The lowest BCUT2D eigenvalue weighted by atomic mass is 10.1. The molecular weight excluding hydrogens is 332 g/mol. The van der Waals surface area contributed by atoms with E-state index < -0.39 is 17.7 Å². The molecule has 1 saturated heterocycles. The largest absolute Gasteiger partial charge is 0.444 e. The zero-order chi connectivity index (χ0) is 19.2. The van der Waals surface area contributed by atoms with Gasteiger partial charge in [0.25, 0.3) is 0 Å². The minimum atomic E-state index is -0.571. The van der Waals surface area contributed by atoms with Gasteiger partial charge in [0, 0.05) is 19.7 Å². The fourth-order valence-electron chi connectivity index (χ4n) is 2.96. The van der Waals surface area contributed by atoms with Gasteiger partial charge in [0.2, 0.25) is 5.91 Å². The molecule has 26 heavy (non-hydrogen) atoms. The first kappa shape index (κ1) is 20.2. The minimum Gasteiger partial charge on any atom is -0.444 e. The molecule has 6 heteroatoms. The maximum atomic E-state index is 12.6. The predicted molar refractivity (Wildman–Crippen MR) is 99.6 cm³/mol. The highest BCUT2D eigenvalue weighted by molar-refractivity contribution is 5.86. The summed E-state index contributed by atoms with van der Waals surface area (Å²) in [5.74, 6) is -0.139. The van der Waals surface area contributed by atoms with Crippen LogP contribution in [0.15, 0.2) is 24.3 Å². The van der Waals surface area contributed by atoms with Gasteiger partial charge < -0.3 is 14.8 Å². The van der Waals surface area contributed by atoms with Crippen LogP contribution < -0.4 is 5.32 Å². The number of rotatable bonds is 6. The zero-order valence-electron chi connectivity index (χ0n) is 16.2. The van der Waals surface area contributed by atoms with Crippen molar-refractivity contribution in [1.82, 2.24) is 10.2 Å². The van der Waals surface area contributed by atoms with Gasteiger partial charge in [-0.05, 0) is 51.7 Å². The van der Waals surface area contributed by atoms with Gasteiger partial charge in [-0.15, -0.1) is 0 Å². The molecule has 0 radical (unpaired) electrons. The third-order valence-corrected chi connectivity index (χ3v) is 4.22. The second-order valence-corrected chi connectivity index (χ2v) is 7.46. The number of nitrogens with one attached hydrogen (secondary N) is 1. The van der Waals surface area contributed by atoms with Crippen molar-refractivity contribution in [3.8, 4) is 0 Å². The van der Waals surface area contributed by atoms with E-state index in [-0.39, 0.29) is 5.91 Å². The Balaban J connectivity index is 1.96. The van der Waals surface area contributed by atoms with Gasteiger partial charge in [0.05, 0.1) is 6.61 Å². The number of hydrogen-bond donors (Lipinski definition) is 1. The Hall–Kier alpha value is -2.08. The number of ether oxygens (including phenoxy) is 2. The Bertz CT molecular complexity index is 624. The van der Waals surface area contributed by atoms with Crippen molar-refractivity contribution < 1.29 is 19.1 Å². The summed E-state index contributed by atoms with van der Waals surface area (Å²) in [4.78, 5) is 26.5. The number of hydrogen-bond acceptors (Lipinski definition) is 4. The standard InChI is InChI=1S/C20H30N2O4/c1-5-25-14-16-10-7-6-9-15(16)13-21-18(23)17-11-8-12-22(17)19(24)26-20(2,3)4/h6-7,9-10,17H,5,8,11-14H2,1-4H3,(H,21,23). The molecule has 1 unspecified atom stereocenters. The van der Waals surface area contributed by atoms with Gasteiger partial charge in [-0.3, -0.25) is 9.69 Å². The molecule has 2 amide bonds. The average molecular weight is 362 g/mol. The molecule has 144 valence electrons. The van der Waals surface area contributed by atoms with Crippen molar-refractivity contribution >= 4 is 12.0 Å². The maximum absolute atomic E-state index is 12.6. The third kappa shape index (κ3) is 5.73. The van der Waals surface area contributed by atoms with Crippen LogP contribution in [0.4, 0.5) is 4.79 Å². The summed E-state index contributed by atoms with van der Waals surface area (Å²) in [6, 6.07) is 7.42. The van der Waals surface area contributed by atoms with E-state index >= 15 is 0 Å². The predicted octanol–water partition coefficient (Wildman–Crippen LogP) is 3.24. The number of likely N-dealkylation sites (tertiary alicyclic amines) is 1. The van der Waals surface area contributed by atoms with Crippen molar-refractivity contribution in [3.63, 3.8) is 0 Å². The summed E-state index contributed by atoms with van der Waals surface area (Å²) in [5, 5.41) is 2.96. The quantitative estimate of drug-likeness (QED) is 0.844. The van der Waals surface area contributed by atoms with Crippen LogP contribution in [-0.2, 0) is 27.4 Å². The topological polar surface area (TPSA) is 67.9 Å². The SMILES string of the molecule is CCOCc1ccccc1CNC(=O)C1CCCN1C(=O)OC(C)(C)C. The van der Waals surface area contributed by atoms with Crippen molar-refractivity contribution in [1.29, 1.82) is 0 Å². The van der Waals surface area contributed by atoms with Crippen LogP contribution in [0, 0.1) is 0 Å². The molecule has 1 heterocycles. The Morgan fingerprint density at radius 3 is 2.58 bits per heavy atom. The van der Waals surface area contributed by atoms with E-state index in [1.807, 2.05) is 52.0 Å². The molecule has 0 aromatic heterocycles. The smallest absolute Gasteiger partial charge is 0.410 e. The van der Waals surface area contributed by atoms with Crippen LogP contribution in [0.1, 0.15) is 51.7 Å². The molecule has 1 aliphatic rings. The molecule has 1 atom stereocenters. The lowest BCUT2D eigenvalue weighted by molar-refractivity contribution is -0.125. The summed E-state index contributed by atoms with van der Waals surface area (Å²) in [5.41, 5.74) is 1.51. The number of nitrogens with zero attached hydrogens (tertiary/aromatic N) is 1. The van der Waals surface area contributed by atoms with E-state index in [1.54, 1.807) is 0 Å². The Kier molecular flexibility index (Phi) is 7.03. The summed E-state index contributed by atoms with van der Waals surface area (Å²) in [7, 11) is 0. The van der Waals surface area contributed by atoms with Crippen molar-refractivity contribution in [2.45, 2.75) is 65.3 Å². The van der Waals surface area contributed by atoms with Crippen LogP contribution in [0.3, 0.4) is 0 Å². The lowest BCUT2D eigenvalue weighted by Crippen LogP contribution is -2.47. The molecule has 0 aliphatic carbocycles. The fraction of sp³-hybridized carbons (Fsp3) is 0.600. The number of amides is 2. The van der Waals surface area contributed by atoms with Gasteiger partial charge in [0.15, 0.2) is 0 Å². The summed E-state index contributed by atoms with van der Waals surface area (Å²) in [6.45, 7) is 9.57. The van der Waals surface area contributed by atoms with Gasteiger partial charge in [0.1, 0.15) is 11.6 Å². The summed E-state index contributed by atoms with van der Waals surface area (Å²) >= 11 is 0. The summed E-state index contributed by atoms with van der Waals surface area (Å²) in [6.07, 6.45) is 1.04. The fourth-order valence-corrected chi connectivity index (χ4v) is 2.96. The van der Waals surface area contributed by atoms with E-state index in [9.17, 15) is 9.59 Å². The van der Waals surface area contributed by atoms with Crippen molar-refractivity contribution in [2.75, 3.05) is 13.2 Å². The van der Waals surface area contributed by atoms with Crippen LogP contribution in [-0.4, -0.2) is 41.7 Å². The Morgan fingerprint density at radius 1 is 1.23 bits per heavy atom. The van der Waals surface area contributed by atoms with Gasteiger partial charge in [-0.1, -0.05) is 24.3 Å². The highest BCUT2D eigenvalue weighted by atomic mass is 16.6. The van der Waals surface area contributed by atoms with Crippen LogP contribution >= 0.6 is 0 Å². The molecule has 1 N–H and O–H groups in total. The van der Waals surface area contributed by atoms with E-state index in [4.69, 9.17) is 9.47 Å². The molecule has 0 saturated carbocycles. The van der Waals surface area contributed by atoms with Crippen molar-refractivity contribution in [2.24, 2.45) is 0 Å². The van der Waals surface area contributed by atoms with Crippen LogP contribution in [0.2, 0.25) is 0 Å². The zero-order valence-corrected chi connectivity index (χ0v) is 16.2. The molecule has 6 nitrogen and oxygen atoms in total. The summed E-state index contributed by atoms with van der Waals surface area (Å²) < 4.78 is 10.9. The second-order valence-electron chi connectivity index (χ2n) is 7.46. The van der Waals surface area contributed by atoms with Gasteiger partial charge in [-0.2, -0.15) is 0 Å². The maximum Gasteiger partial charge on any atom is 0.410 e. The minimum absolute atomic E-state index is 0.139. The van der Waals surface area contributed by atoms with Crippen molar-refractivity contribution in [3.05, 3.63) is 35.4 Å². The molecule has 1 aromatic carbocycles. The highest BCUT2D eigenvalue weighted by Gasteiger charge is 2.36. The monoisotopic (exact) mass is 362 g/mol. The molecule has 1 fully saturated rings. The van der Waals surface area contributed by atoms with E-state index in [0.717, 1.165) is 17.5 Å². The molecule has 0 bridgehead atoms. The Labute approximate surface area is 155 Å². The second kappa shape index (κ2) is 9.03. The van der Waals surface area contributed by atoms with Gasteiger partial charge >= 0.3 is 6.09 Å². The average Bonchev–Trinajstić information content (AvgIpc) is 3.07. The molecular formula is C20H30N2O4. The van der Waals surface area contributed by atoms with Gasteiger partial charge in [-0.25, -0.2) is 4.79 Å². The molecule has 1 aliphatic heterocycles. The molecule has 0 spiro atoms.